The molecule has 0 bridgehead atoms. The molecule has 2 fully saturated rings. The molecule has 0 spiro atoms. The van der Waals surface area contributed by atoms with Crippen molar-refractivity contribution in [1.29, 1.82) is 0 Å². The number of carbonyl (C=O) groups is 2. The second-order valence-corrected chi connectivity index (χ2v) is 7.65. The molecule has 2 saturated heterocycles. The summed E-state index contributed by atoms with van der Waals surface area (Å²) >= 11 is 10.4. The maximum atomic E-state index is 12.0. The third kappa shape index (κ3) is 5.88. The Morgan fingerprint density at radius 3 is 1.42 bits per heavy atom. The molecule has 24 heavy (non-hydrogen) atoms. The quantitative estimate of drug-likeness (QED) is 0.455. The van der Waals surface area contributed by atoms with Gasteiger partial charge in [0.05, 0.1) is 9.98 Å². The van der Waals surface area contributed by atoms with Gasteiger partial charge < -0.3 is 9.80 Å². The highest BCUT2D eigenvalue weighted by atomic mass is 32.1. The van der Waals surface area contributed by atoms with Gasteiger partial charge in [0.25, 0.3) is 0 Å². The lowest BCUT2D eigenvalue weighted by molar-refractivity contribution is -0.127. The van der Waals surface area contributed by atoms with Crippen LogP contribution in [-0.4, -0.2) is 44.7 Å². The number of amides is 2. The van der Waals surface area contributed by atoms with Crippen molar-refractivity contribution in [2.24, 2.45) is 0 Å². The third-order valence-electron chi connectivity index (χ3n) is 4.78. The minimum Gasteiger partial charge on any atom is -0.307 e. The molecule has 134 valence electrons. The second-order valence-electron chi connectivity index (χ2n) is 6.71. The topological polar surface area (TPSA) is 40.6 Å². The standard InChI is InChI=1S/C18H28N2O2S2/c21-15(19-13-7-11-17(19)23)9-5-3-1-2-4-6-10-16(22)20-14-8-12-18(20)24/h1-14H2. The molecule has 0 radical (unpaired) electrons. The molecule has 0 saturated carbocycles. The molecule has 2 heterocycles. The van der Waals surface area contributed by atoms with E-state index in [1.54, 1.807) is 9.80 Å². The van der Waals surface area contributed by atoms with Crippen molar-refractivity contribution < 1.29 is 9.59 Å². The predicted molar refractivity (Wildman–Crippen MR) is 104 cm³/mol. The summed E-state index contributed by atoms with van der Waals surface area (Å²) in [5.74, 6) is 0.398. The van der Waals surface area contributed by atoms with E-state index in [-0.39, 0.29) is 11.8 Å². The van der Waals surface area contributed by atoms with Gasteiger partial charge in [-0.1, -0.05) is 50.1 Å². The number of thiocarbonyl (C=S) groups is 2. The van der Waals surface area contributed by atoms with Crippen LogP contribution in [0, 0.1) is 0 Å². The lowest BCUT2D eigenvalue weighted by Crippen LogP contribution is -2.30. The molecular weight excluding hydrogens is 340 g/mol. The summed E-state index contributed by atoms with van der Waals surface area (Å²) < 4.78 is 0. The van der Waals surface area contributed by atoms with Crippen molar-refractivity contribution in [2.75, 3.05) is 13.1 Å². The second kappa shape index (κ2) is 10.2. The van der Waals surface area contributed by atoms with Crippen LogP contribution in [-0.2, 0) is 9.59 Å². The molecule has 0 atom stereocenters. The lowest BCUT2D eigenvalue weighted by Gasteiger charge is -2.15. The zero-order chi connectivity index (χ0) is 17.4. The van der Waals surface area contributed by atoms with Gasteiger partial charge in [0, 0.05) is 38.8 Å². The molecule has 0 aliphatic carbocycles. The van der Waals surface area contributed by atoms with Gasteiger partial charge in [0.15, 0.2) is 0 Å². The Hall–Kier alpha value is -0.880. The Morgan fingerprint density at radius 1 is 0.708 bits per heavy atom. The van der Waals surface area contributed by atoms with E-state index < -0.39 is 0 Å². The van der Waals surface area contributed by atoms with Crippen molar-refractivity contribution in [1.82, 2.24) is 9.80 Å². The van der Waals surface area contributed by atoms with Gasteiger partial charge in [0.1, 0.15) is 0 Å². The van der Waals surface area contributed by atoms with Crippen LogP contribution in [0.25, 0.3) is 0 Å². The largest absolute Gasteiger partial charge is 0.307 e. The molecule has 2 amide bonds. The molecule has 0 aromatic carbocycles. The number of rotatable bonds is 9. The van der Waals surface area contributed by atoms with E-state index in [1.807, 2.05) is 0 Å². The maximum absolute atomic E-state index is 12.0. The minimum atomic E-state index is 0.199. The lowest BCUT2D eigenvalue weighted by atomic mass is 10.1. The van der Waals surface area contributed by atoms with E-state index in [0.29, 0.717) is 12.8 Å². The van der Waals surface area contributed by atoms with Crippen LogP contribution < -0.4 is 0 Å². The van der Waals surface area contributed by atoms with Gasteiger partial charge in [0.2, 0.25) is 11.8 Å². The van der Waals surface area contributed by atoms with Crippen molar-refractivity contribution in [3.63, 3.8) is 0 Å². The highest BCUT2D eigenvalue weighted by Gasteiger charge is 2.23. The third-order valence-corrected chi connectivity index (χ3v) is 5.63. The molecular formula is C18H28N2O2S2. The van der Waals surface area contributed by atoms with Crippen molar-refractivity contribution in [3.8, 4) is 0 Å². The first-order valence-electron chi connectivity index (χ1n) is 9.26. The Bertz CT molecular complexity index is 449. The smallest absolute Gasteiger partial charge is 0.227 e. The normalized spacial score (nSPS) is 17.8. The number of hydrogen-bond acceptors (Lipinski definition) is 4. The van der Waals surface area contributed by atoms with E-state index in [2.05, 4.69) is 0 Å². The van der Waals surface area contributed by atoms with E-state index in [0.717, 1.165) is 87.3 Å². The van der Waals surface area contributed by atoms with Gasteiger partial charge >= 0.3 is 0 Å². The first-order valence-corrected chi connectivity index (χ1v) is 10.1. The molecule has 0 unspecified atom stereocenters. The molecule has 6 heteroatoms. The molecule has 0 aromatic rings. The van der Waals surface area contributed by atoms with Crippen LogP contribution in [0.5, 0.6) is 0 Å². The van der Waals surface area contributed by atoms with Crippen molar-refractivity contribution in [2.45, 2.75) is 77.0 Å². The molecule has 2 rings (SSSR count). The molecule has 2 aliphatic heterocycles. The van der Waals surface area contributed by atoms with Crippen LogP contribution >= 0.6 is 24.4 Å². The Morgan fingerprint density at radius 2 is 1.08 bits per heavy atom. The number of unbranched alkanes of at least 4 members (excludes halogenated alkanes) is 5. The van der Waals surface area contributed by atoms with Gasteiger partial charge in [-0.3, -0.25) is 9.59 Å². The first-order chi connectivity index (χ1) is 11.6. The average Bonchev–Trinajstić information content (AvgIpc) is 3.17. The van der Waals surface area contributed by atoms with Crippen LogP contribution in [0.15, 0.2) is 0 Å². The Kier molecular flexibility index (Phi) is 8.25. The minimum absolute atomic E-state index is 0.199. The Labute approximate surface area is 155 Å². The highest BCUT2D eigenvalue weighted by molar-refractivity contribution is 7.80. The fourth-order valence-electron chi connectivity index (χ4n) is 3.35. The summed E-state index contributed by atoms with van der Waals surface area (Å²) in [6.45, 7) is 1.62. The molecule has 0 aromatic heterocycles. The van der Waals surface area contributed by atoms with E-state index in [1.165, 1.54) is 0 Å². The summed E-state index contributed by atoms with van der Waals surface area (Å²) in [4.78, 5) is 29.2. The number of carbonyl (C=O) groups excluding carboxylic acids is 2. The molecule has 0 N–H and O–H groups in total. The van der Waals surface area contributed by atoms with Gasteiger partial charge in [-0.15, -0.1) is 0 Å². The van der Waals surface area contributed by atoms with E-state index in [9.17, 15) is 9.59 Å². The van der Waals surface area contributed by atoms with Crippen LogP contribution in [0.3, 0.4) is 0 Å². The van der Waals surface area contributed by atoms with Crippen LogP contribution in [0.1, 0.15) is 77.0 Å². The van der Waals surface area contributed by atoms with Gasteiger partial charge in [-0.25, -0.2) is 0 Å². The maximum Gasteiger partial charge on any atom is 0.227 e. The van der Waals surface area contributed by atoms with E-state index in [4.69, 9.17) is 24.4 Å². The monoisotopic (exact) mass is 368 g/mol. The number of likely N-dealkylation sites (tertiary alicyclic amines) is 2. The fourth-order valence-corrected chi connectivity index (χ4v) is 4.03. The van der Waals surface area contributed by atoms with Crippen LogP contribution in [0.4, 0.5) is 0 Å². The van der Waals surface area contributed by atoms with E-state index >= 15 is 0 Å². The molecule has 4 nitrogen and oxygen atoms in total. The summed E-state index contributed by atoms with van der Waals surface area (Å²) in [6, 6.07) is 0. The zero-order valence-electron chi connectivity index (χ0n) is 14.4. The average molecular weight is 369 g/mol. The predicted octanol–water partition coefficient (Wildman–Crippen LogP) is 4.01. The highest BCUT2D eigenvalue weighted by Crippen LogP contribution is 2.17. The number of nitrogens with zero attached hydrogens (tertiary/aromatic N) is 2. The summed E-state index contributed by atoms with van der Waals surface area (Å²) in [5, 5.41) is 0. The fraction of sp³-hybridized carbons (Fsp3) is 0.778. The van der Waals surface area contributed by atoms with Gasteiger partial charge in [-0.05, 0) is 25.7 Å². The molecule has 2 aliphatic rings. The van der Waals surface area contributed by atoms with Crippen molar-refractivity contribution in [3.05, 3.63) is 0 Å². The first kappa shape index (κ1) is 19.4. The Balaban J connectivity index is 1.44. The summed E-state index contributed by atoms with van der Waals surface area (Å²) in [7, 11) is 0. The van der Waals surface area contributed by atoms with Crippen molar-refractivity contribution >= 4 is 46.2 Å². The summed E-state index contributed by atoms with van der Waals surface area (Å²) in [6.07, 6.45) is 11.4. The number of hydrogen-bond donors (Lipinski definition) is 0. The zero-order valence-corrected chi connectivity index (χ0v) is 16.1. The SMILES string of the molecule is O=C(CCCCCCCCC(=O)N1CCCC1=S)N1CCCC1=S. The summed E-state index contributed by atoms with van der Waals surface area (Å²) in [5.41, 5.74) is 0. The van der Waals surface area contributed by atoms with Crippen LogP contribution in [0.2, 0.25) is 0 Å². The van der Waals surface area contributed by atoms with Gasteiger partial charge in [-0.2, -0.15) is 0 Å².